The SMILES string of the molecule is CN(C)C=C(C(=O)C1CCCCC1)c1ccc(OCc2ccccc2)cc1. The number of ketones is 1. The Labute approximate surface area is 162 Å². The van der Waals surface area contributed by atoms with Gasteiger partial charge in [-0.2, -0.15) is 0 Å². The first-order chi connectivity index (χ1) is 13.1. The molecule has 27 heavy (non-hydrogen) atoms. The molecule has 0 N–H and O–H groups in total. The van der Waals surface area contributed by atoms with E-state index in [0.717, 1.165) is 48.1 Å². The highest BCUT2D eigenvalue weighted by Gasteiger charge is 2.25. The molecule has 0 atom stereocenters. The quantitative estimate of drug-likeness (QED) is 0.624. The monoisotopic (exact) mass is 363 g/mol. The largest absolute Gasteiger partial charge is 0.489 e. The lowest BCUT2D eigenvalue weighted by Gasteiger charge is -2.22. The third kappa shape index (κ3) is 5.46. The highest BCUT2D eigenvalue weighted by molar-refractivity contribution is 6.21. The molecule has 0 bridgehead atoms. The number of ether oxygens (including phenoxy) is 1. The van der Waals surface area contributed by atoms with Crippen molar-refractivity contribution in [3.05, 3.63) is 71.9 Å². The van der Waals surface area contributed by atoms with Crippen LogP contribution in [0.4, 0.5) is 0 Å². The van der Waals surface area contributed by atoms with Crippen LogP contribution in [0.2, 0.25) is 0 Å². The van der Waals surface area contributed by atoms with E-state index in [1.165, 1.54) is 6.42 Å². The summed E-state index contributed by atoms with van der Waals surface area (Å²) in [5.41, 5.74) is 2.91. The Morgan fingerprint density at radius 3 is 2.30 bits per heavy atom. The zero-order valence-corrected chi connectivity index (χ0v) is 16.4. The lowest BCUT2D eigenvalue weighted by Crippen LogP contribution is -2.20. The molecule has 1 fully saturated rings. The molecule has 0 amide bonds. The average molecular weight is 364 g/mol. The molecule has 1 aliphatic carbocycles. The molecule has 0 radical (unpaired) electrons. The van der Waals surface area contributed by atoms with Crippen molar-refractivity contribution in [3.8, 4) is 5.75 Å². The van der Waals surface area contributed by atoms with E-state index in [4.69, 9.17) is 4.74 Å². The second-order valence-corrected chi connectivity index (χ2v) is 7.50. The van der Waals surface area contributed by atoms with Gasteiger partial charge < -0.3 is 9.64 Å². The van der Waals surface area contributed by atoms with Gasteiger partial charge in [-0.1, -0.05) is 61.7 Å². The Morgan fingerprint density at radius 2 is 1.67 bits per heavy atom. The van der Waals surface area contributed by atoms with Crippen LogP contribution in [-0.4, -0.2) is 24.8 Å². The zero-order chi connectivity index (χ0) is 19.1. The Bertz CT molecular complexity index is 757. The fraction of sp³-hybridized carbons (Fsp3) is 0.375. The molecule has 0 heterocycles. The van der Waals surface area contributed by atoms with E-state index in [1.54, 1.807) is 0 Å². The summed E-state index contributed by atoms with van der Waals surface area (Å²) in [6.07, 6.45) is 7.57. The number of Topliss-reactive ketones (excluding diaryl/α,β-unsaturated/α-hetero) is 1. The molecule has 1 saturated carbocycles. The zero-order valence-electron chi connectivity index (χ0n) is 16.4. The summed E-state index contributed by atoms with van der Waals surface area (Å²) in [5, 5.41) is 0. The minimum absolute atomic E-state index is 0.166. The van der Waals surface area contributed by atoms with E-state index in [9.17, 15) is 4.79 Å². The van der Waals surface area contributed by atoms with Crippen molar-refractivity contribution in [3.63, 3.8) is 0 Å². The molecular weight excluding hydrogens is 334 g/mol. The van der Waals surface area contributed by atoms with Crippen LogP contribution in [-0.2, 0) is 11.4 Å². The van der Waals surface area contributed by atoms with Crippen LogP contribution in [0.15, 0.2) is 60.8 Å². The number of allylic oxidation sites excluding steroid dienone is 1. The normalized spacial score (nSPS) is 15.4. The van der Waals surface area contributed by atoms with Gasteiger partial charge in [-0.3, -0.25) is 4.79 Å². The molecule has 2 aromatic carbocycles. The minimum Gasteiger partial charge on any atom is -0.489 e. The molecule has 142 valence electrons. The molecule has 0 unspecified atom stereocenters. The van der Waals surface area contributed by atoms with Gasteiger partial charge in [0.2, 0.25) is 0 Å². The molecule has 0 saturated heterocycles. The number of carbonyl (C=O) groups is 1. The third-order valence-electron chi connectivity index (χ3n) is 5.04. The van der Waals surface area contributed by atoms with Crippen molar-refractivity contribution in [1.29, 1.82) is 0 Å². The molecule has 3 nitrogen and oxygen atoms in total. The first-order valence-electron chi connectivity index (χ1n) is 9.83. The third-order valence-corrected chi connectivity index (χ3v) is 5.04. The van der Waals surface area contributed by atoms with Crippen molar-refractivity contribution in [2.24, 2.45) is 5.92 Å². The summed E-state index contributed by atoms with van der Waals surface area (Å²) in [4.78, 5) is 15.1. The van der Waals surface area contributed by atoms with Gasteiger partial charge in [0.25, 0.3) is 0 Å². The fourth-order valence-corrected chi connectivity index (χ4v) is 3.59. The van der Waals surface area contributed by atoms with E-state index < -0.39 is 0 Å². The van der Waals surface area contributed by atoms with Crippen LogP contribution >= 0.6 is 0 Å². The number of hydrogen-bond acceptors (Lipinski definition) is 3. The molecule has 3 rings (SSSR count). The summed E-state index contributed by atoms with van der Waals surface area (Å²) >= 11 is 0. The lowest BCUT2D eigenvalue weighted by molar-refractivity contribution is -0.118. The van der Waals surface area contributed by atoms with Crippen LogP contribution in [0, 0.1) is 5.92 Å². The number of hydrogen-bond donors (Lipinski definition) is 0. The van der Waals surface area contributed by atoms with Gasteiger partial charge in [0.05, 0.1) is 0 Å². The predicted octanol–water partition coefficient (Wildman–Crippen LogP) is 5.32. The van der Waals surface area contributed by atoms with Gasteiger partial charge in [-0.05, 0) is 36.1 Å². The van der Waals surface area contributed by atoms with Gasteiger partial charge in [-0.15, -0.1) is 0 Å². The van der Waals surface area contributed by atoms with E-state index in [-0.39, 0.29) is 11.7 Å². The number of carbonyl (C=O) groups excluding carboxylic acids is 1. The fourth-order valence-electron chi connectivity index (χ4n) is 3.59. The summed E-state index contributed by atoms with van der Waals surface area (Å²) in [7, 11) is 3.93. The van der Waals surface area contributed by atoms with E-state index in [0.29, 0.717) is 6.61 Å². The molecule has 0 spiro atoms. The Morgan fingerprint density at radius 1 is 1.00 bits per heavy atom. The molecule has 0 aromatic heterocycles. The highest BCUT2D eigenvalue weighted by Crippen LogP contribution is 2.30. The summed E-state index contributed by atoms with van der Waals surface area (Å²) < 4.78 is 5.87. The van der Waals surface area contributed by atoms with E-state index in [1.807, 2.05) is 67.7 Å². The van der Waals surface area contributed by atoms with Crippen molar-refractivity contribution >= 4 is 11.4 Å². The highest BCUT2D eigenvalue weighted by atomic mass is 16.5. The van der Waals surface area contributed by atoms with Crippen molar-refractivity contribution in [2.75, 3.05) is 14.1 Å². The molecule has 0 aliphatic heterocycles. The van der Waals surface area contributed by atoms with Crippen LogP contribution < -0.4 is 4.74 Å². The van der Waals surface area contributed by atoms with Crippen LogP contribution in [0.3, 0.4) is 0 Å². The second kappa shape index (κ2) is 9.40. The lowest BCUT2D eigenvalue weighted by atomic mass is 9.82. The first-order valence-corrected chi connectivity index (χ1v) is 9.83. The molecular formula is C24H29NO2. The minimum atomic E-state index is 0.166. The average Bonchev–Trinajstić information content (AvgIpc) is 2.72. The molecule has 3 heteroatoms. The van der Waals surface area contributed by atoms with Crippen LogP contribution in [0.25, 0.3) is 5.57 Å². The van der Waals surface area contributed by atoms with E-state index >= 15 is 0 Å². The maximum Gasteiger partial charge on any atom is 0.168 e. The van der Waals surface area contributed by atoms with Crippen molar-refractivity contribution < 1.29 is 9.53 Å². The number of nitrogens with zero attached hydrogens (tertiary/aromatic N) is 1. The first kappa shape index (κ1) is 19.2. The summed E-state index contributed by atoms with van der Waals surface area (Å²) in [6.45, 7) is 0.543. The van der Waals surface area contributed by atoms with Gasteiger partial charge in [0, 0.05) is 31.8 Å². The second-order valence-electron chi connectivity index (χ2n) is 7.50. The predicted molar refractivity (Wildman–Crippen MR) is 110 cm³/mol. The van der Waals surface area contributed by atoms with Gasteiger partial charge in [-0.25, -0.2) is 0 Å². The van der Waals surface area contributed by atoms with Crippen LogP contribution in [0.5, 0.6) is 5.75 Å². The standard InChI is InChI=1S/C24H29NO2/c1-25(2)17-23(24(26)21-11-7-4-8-12-21)20-13-15-22(16-14-20)27-18-19-9-5-3-6-10-19/h3,5-6,9-10,13-17,21H,4,7-8,11-12,18H2,1-2H3. The number of benzene rings is 2. The summed E-state index contributed by atoms with van der Waals surface area (Å²) in [5.74, 6) is 1.26. The van der Waals surface area contributed by atoms with Gasteiger partial charge in [0.1, 0.15) is 12.4 Å². The number of rotatable bonds is 7. The topological polar surface area (TPSA) is 29.5 Å². The van der Waals surface area contributed by atoms with Crippen LogP contribution in [0.1, 0.15) is 43.2 Å². The van der Waals surface area contributed by atoms with Gasteiger partial charge in [0.15, 0.2) is 5.78 Å². The molecule has 1 aliphatic rings. The van der Waals surface area contributed by atoms with Crippen molar-refractivity contribution in [1.82, 2.24) is 4.90 Å². The Hall–Kier alpha value is -2.55. The smallest absolute Gasteiger partial charge is 0.168 e. The maximum atomic E-state index is 13.1. The summed E-state index contributed by atoms with van der Waals surface area (Å²) in [6, 6.07) is 18.0. The Kier molecular flexibility index (Phi) is 6.69. The van der Waals surface area contributed by atoms with Gasteiger partial charge >= 0.3 is 0 Å². The van der Waals surface area contributed by atoms with E-state index in [2.05, 4.69) is 12.1 Å². The molecule has 2 aromatic rings. The Balaban J connectivity index is 1.72. The maximum absolute atomic E-state index is 13.1. The van der Waals surface area contributed by atoms with Crippen molar-refractivity contribution in [2.45, 2.75) is 38.7 Å².